The number of rotatable bonds is 6. The van der Waals surface area contributed by atoms with E-state index in [4.69, 9.17) is 0 Å². The van der Waals surface area contributed by atoms with E-state index in [1.807, 2.05) is 11.8 Å². The van der Waals surface area contributed by atoms with Gasteiger partial charge in [0.05, 0.1) is 0 Å². The van der Waals surface area contributed by atoms with Crippen LogP contribution in [0.5, 0.6) is 0 Å². The topological polar surface area (TPSA) is 12.4 Å². The normalized spacial score (nSPS) is 13.0. The third-order valence-corrected chi connectivity index (χ3v) is 2.77. The van der Waals surface area contributed by atoms with Gasteiger partial charge in [-0.3, -0.25) is 0 Å². The first kappa shape index (κ1) is 10.0. The van der Waals surface area contributed by atoms with Gasteiger partial charge in [-0.05, 0) is 18.4 Å². The molecule has 0 aliphatic heterocycles. The Morgan fingerprint density at radius 2 is 2.30 bits per heavy atom. The first-order valence-corrected chi connectivity index (χ1v) is 4.97. The molecule has 0 aromatic carbocycles. The van der Waals surface area contributed by atoms with Crippen molar-refractivity contribution in [2.45, 2.75) is 20.3 Å². The molecule has 0 fully saturated rings. The van der Waals surface area contributed by atoms with Crippen LogP contribution in [0.2, 0.25) is 0 Å². The van der Waals surface area contributed by atoms with Crippen molar-refractivity contribution in [3.8, 4) is 0 Å². The van der Waals surface area contributed by atoms with Crippen LogP contribution in [-0.2, 0) is 0 Å². The highest BCUT2D eigenvalue weighted by atomic mass is 32.2. The maximum absolute atomic E-state index is 3.79. The largest absolute Gasteiger partial charge is 0.300 e. The SMILES string of the molecule is C=NCCSCC(C)CC. The van der Waals surface area contributed by atoms with E-state index < -0.39 is 0 Å². The second kappa shape index (κ2) is 7.13. The molecule has 0 amide bonds. The van der Waals surface area contributed by atoms with Crippen LogP contribution in [0.3, 0.4) is 0 Å². The fourth-order valence-corrected chi connectivity index (χ4v) is 1.59. The summed E-state index contributed by atoms with van der Waals surface area (Å²) in [6.45, 7) is 8.86. The summed E-state index contributed by atoms with van der Waals surface area (Å²) in [5, 5.41) is 0. The number of aliphatic imine (C=N–C) groups is 1. The molecule has 1 unspecified atom stereocenters. The molecule has 0 heterocycles. The first-order chi connectivity index (χ1) is 4.81. The Morgan fingerprint density at radius 1 is 1.60 bits per heavy atom. The highest BCUT2D eigenvalue weighted by Gasteiger charge is 1.96. The predicted molar refractivity (Wildman–Crippen MR) is 51.2 cm³/mol. The van der Waals surface area contributed by atoms with Gasteiger partial charge in [0.25, 0.3) is 0 Å². The molecule has 0 N–H and O–H groups in total. The van der Waals surface area contributed by atoms with Crippen LogP contribution in [0.4, 0.5) is 0 Å². The maximum atomic E-state index is 3.79. The average molecular weight is 159 g/mol. The summed E-state index contributed by atoms with van der Waals surface area (Å²) >= 11 is 1.98. The van der Waals surface area contributed by atoms with Gasteiger partial charge in [0.15, 0.2) is 0 Å². The van der Waals surface area contributed by atoms with Gasteiger partial charge < -0.3 is 4.99 Å². The van der Waals surface area contributed by atoms with Crippen LogP contribution in [0.1, 0.15) is 20.3 Å². The van der Waals surface area contributed by atoms with Gasteiger partial charge in [0, 0.05) is 12.3 Å². The fraction of sp³-hybridized carbons (Fsp3) is 0.875. The monoisotopic (exact) mass is 159 g/mol. The Hall–Kier alpha value is 0.0200. The van der Waals surface area contributed by atoms with Crippen LogP contribution >= 0.6 is 11.8 Å². The summed E-state index contributed by atoms with van der Waals surface area (Å²) in [7, 11) is 0. The number of nitrogens with zero attached hydrogens (tertiary/aromatic N) is 1. The average Bonchev–Trinajstić information content (AvgIpc) is 1.98. The molecule has 0 aliphatic rings. The van der Waals surface area contributed by atoms with E-state index in [2.05, 4.69) is 25.6 Å². The highest BCUT2D eigenvalue weighted by Crippen LogP contribution is 2.10. The van der Waals surface area contributed by atoms with E-state index in [1.54, 1.807) is 0 Å². The van der Waals surface area contributed by atoms with Crippen molar-refractivity contribution in [1.82, 2.24) is 0 Å². The van der Waals surface area contributed by atoms with Crippen molar-refractivity contribution in [3.63, 3.8) is 0 Å². The van der Waals surface area contributed by atoms with Crippen molar-refractivity contribution in [1.29, 1.82) is 0 Å². The predicted octanol–water partition coefficient (Wildman–Crippen LogP) is 2.47. The van der Waals surface area contributed by atoms with Gasteiger partial charge in [-0.15, -0.1) is 0 Å². The van der Waals surface area contributed by atoms with E-state index in [0.717, 1.165) is 18.2 Å². The first-order valence-electron chi connectivity index (χ1n) is 3.81. The highest BCUT2D eigenvalue weighted by molar-refractivity contribution is 7.99. The summed E-state index contributed by atoms with van der Waals surface area (Å²) in [5.74, 6) is 3.26. The molecule has 60 valence electrons. The lowest BCUT2D eigenvalue weighted by Gasteiger charge is -2.05. The second-order valence-corrected chi connectivity index (χ2v) is 3.69. The Kier molecular flexibility index (Phi) is 7.15. The summed E-state index contributed by atoms with van der Waals surface area (Å²) in [5.41, 5.74) is 0. The molecule has 10 heavy (non-hydrogen) atoms. The minimum absolute atomic E-state index is 0.856. The van der Waals surface area contributed by atoms with Gasteiger partial charge in [-0.25, -0.2) is 0 Å². The lowest BCUT2D eigenvalue weighted by Crippen LogP contribution is -1.97. The van der Waals surface area contributed by atoms with Crippen LogP contribution in [-0.4, -0.2) is 24.8 Å². The molecular weight excluding hydrogens is 142 g/mol. The quantitative estimate of drug-likeness (QED) is 0.428. The van der Waals surface area contributed by atoms with E-state index in [-0.39, 0.29) is 0 Å². The zero-order valence-corrected chi connectivity index (χ0v) is 7.78. The Balaban J connectivity index is 2.95. The van der Waals surface area contributed by atoms with Crippen molar-refractivity contribution in [2.75, 3.05) is 18.1 Å². The summed E-state index contributed by atoms with van der Waals surface area (Å²) in [6.07, 6.45) is 1.29. The van der Waals surface area contributed by atoms with E-state index in [0.29, 0.717) is 0 Å². The summed E-state index contributed by atoms with van der Waals surface area (Å²) < 4.78 is 0. The van der Waals surface area contributed by atoms with Crippen molar-refractivity contribution < 1.29 is 0 Å². The number of hydrogen-bond donors (Lipinski definition) is 0. The van der Waals surface area contributed by atoms with Gasteiger partial charge >= 0.3 is 0 Å². The van der Waals surface area contributed by atoms with Crippen LogP contribution in [0.15, 0.2) is 4.99 Å². The van der Waals surface area contributed by atoms with E-state index >= 15 is 0 Å². The van der Waals surface area contributed by atoms with Crippen molar-refractivity contribution >= 4 is 18.5 Å². The molecule has 0 saturated carbocycles. The molecule has 0 saturated heterocycles. The second-order valence-electron chi connectivity index (χ2n) is 2.54. The smallest absolute Gasteiger partial charge is 0.0472 e. The molecule has 0 rings (SSSR count). The number of hydrogen-bond acceptors (Lipinski definition) is 2. The van der Waals surface area contributed by atoms with Gasteiger partial charge in [0.2, 0.25) is 0 Å². The van der Waals surface area contributed by atoms with Gasteiger partial charge in [-0.2, -0.15) is 11.8 Å². The third-order valence-electron chi connectivity index (χ3n) is 1.49. The minimum Gasteiger partial charge on any atom is -0.300 e. The van der Waals surface area contributed by atoms with Crippen LogP contribution in [0.25, 0.3) is 0 Å². The zero-order chi connectivity index (χ0) is 7.82. The molecule has 1 nitrogen and oxygen atoms in total. The minimum atomic E-state index is 0.856. The molecular formula is C8H17NS. The molecule has 0 aliphatic carbocycles. The van der Waals surface area contributed by atoms with Crippen molar-refractivity contribution in [2.24, 2.45) is 10.9 Å². The summed E-state index contributed by atoms with van der Waals surface area (Å²) in [4.78, 5) is 3.79. The molecule has 0 aromatic heterocycles. The van der Waals surface area contributed by atoms with Crippen molar-refractivity contribution in [3.05, 3.63) is 0 Å². The third kappa shape index (κ3) is 6.14. The standard InChI is InChI=1S/C8H17NS/c1-4-8(2)7-10-6-5-9-3/h8H,3-7H2,1-2H3. The molecule has 0 bridgehead atoms. The lowest BCUT2D eigenvalue weighted by molar-refractivity contribution is 0.637. The Bertz CT molecular complexity index is 83.3. The summed E-state index contributed by atoms with van der Waals surface area (Å²) in [6, 6.07) is 0. The van der Waals surface area contributed by atoms with E-state index in [1.165, 1.54) is 12.2 Å². The molecule has 1 atom stereocenters. The fourth-order valence-electron chi connectivity index (χ4n) is 0.531. The molecule has 2 heteroatoms. The Labute approximate surface area is 68.3 Å². The molecule has 0 spiro atoms. The van der Waals surface area contributed by atoms with Crippen LogP contribution < -0.4 is 0 Å². The van der Waals surface area contributed by atoms with E-state index in [9.17, 15) is 0 Å². The Morgan fingerprint density at radius 3 is 2.80 bits per heavy atom. The van der Waals surface area contributed by atoms with Crippen LogP contribution in [0, 0.1) is 5.92 Å². The van der Waals surface area contributed by atoms with Gasteiger partial charge in [0.1, 0.15) is 0 Å². The zero-order valence-electron chi connectivity index (χ0n) is 6.97. The molecule has 0 aromatic rings. The number of thioether (sulfide) groups is 1. The van der Waals surface area contributed by atoms with Gasteiger partial charge in [-0.1, -0.05) is 20.3 Å². The molecule has 0 radical (unpaired) electrons. The lowest BCUT2D eigenvalue weighted by atomic mass is 10.2. The maximum Gasteiger partial charge on any atom is 0.0472 e.